The van der Waals surface area contributed by atoms with E-state index in [0.29, 0.717) is 37.2 Å². The number of hydrogen-bond acceptors (Lipinski definition) is 4. The van der Waals surface area contributed by atoms with Gasteiger partial charge in [0.25, 0.3) is 0 Å². The maximum absolute atomic E-state index is 5.63. The van der Waals surface area contributed by atoms with E-state index in [-0.39, 0.29) is 0 Å². The molecule has 0 bridgehead atoms. The SMILES string of the molecule is CCCCOCCOCCOc1ccccc1C(N)=S. The van der Waals surface area contributed by atoms with Crippen molar-refractivity contribution in [2.75, 3.05) is 33.0 Å². The molecule has 20 heavy (non-hydrogen) atoms. The lowest BCUT2D eigenvalue weighted by molar-refractivity contribution is 0.0355. The molecule has 0 spiro atoms. The van der Waals surface area contributed by atoms with E-state index in [4.69, 9.17) is 32.2 Å². The molecule has 0 aliphatic rings. The topological polar surface area (TPSA) is 53.7 Å². The van der Waals surface area contributed by atoms with E-state index in [1.807, 2.05) is 24.3 Å². The van der Waals surface area contributed by atoms with Gasteiger partial charge in [0, 0.05) is 6.61 Å². The van der Waals surface area contributed by atoms with E-state index in [9.17, 15) is 0 Å². The minimum atomic E-state index is 0.339. The van der Waals surface area contributed by atoms with Gasteiger partial charge < -0.3 is 19.9 Å². The summed E-state index contributed by atoms with van der Waals surface area (Å²) >= 11 is 4.97. The lowest BCUT2D eigenvalue weighted by atomic mass is 10.2. The summed E-state index contributed by atoms with van der Waals surface area (Å²) in [6.45, 7) is 5.14. The monoisotopic (exact) mass is 297 g/mol. The van der Waals surface area contributed by atoms with E-state index in [2.05, 4.69) is 6.92 Å². The van der Waals surface area contributed by atoms with Gasteiger partial charge in [0.2, 0.25) is 0 Å². The normalized spacial score (nSPS) is 10.4. The molecule has 1 aromatic carbocycles. The molecule has 0 atom stereocenters. The molecular formula is C15H23NO3S. The predicted octanol–water partition coefficient (Wildman–Crippen LogP) is 2.53. The van der Waals surface area contributed by atoms with Crippen LogP contribution in [0.5, 0.6) is 5.75 Å². The van der Waals surface area contributed by atoms with Gasteiger partial charge in [-0.2, -0.15) is 0 Å². The first-order valence-corrected chi connectivity index (χ1v) is 7.33. The highest BCUT2D eigenvalue weighted by atomic mass is 32.1. The fourth-order valence-electron chi connectivity index (χ4n) is 1.57. The zero-order chi connectivity index (χ0) is 14.6. The number of unbranched alkanes of at least 4 members (excludes halogenated alkanes) is 1. The first-order chi connectivity index (χ1) is 9.75. The molecule has 0 aliphatic carbocycles. The smallest absolute Gasteiger partial charge is 0.129 e. The molecule has 0 saturated carbocycles. The lowest BCUT2D eigenvalue weighted by Gasteiger charge is -2.10. The molecule has 0 aliphatic heterocycles. The number of thiocarbonyl (C=S) groups is 1. The molecule has 0 radical (unpaired) electrons. The van der Waals surface area contributed by atoms with Gasteiger partial charge in [-0.05, 0) is 18.6 Å². The van der Waals surface area contributed by atoms with Crippen molar-refractivity contribution in [3.05, 3.63) is 29.8 Å². The second kappa shape index (κ2) is 10.6. The van der Waals surface area contributed by atoms with Crippen LogP contribution >= 0.6 is 12.2 Å². The molecule has 1 rings (SSSR count). The number of benzene rings is 1. The van der Waals surface area contributed by atoms with Crippen molar-refractivity contribution in [3.63, 3.8) is 0 Å². The largest absolute Gasteiger partial charge is 0.490 e. The minimum Gasteiger partial charge on any atom is -0.490 e. The number of ether oxygens (including phenoxy) is 3. The molecule has 0 fully saturated rings. The van der Waals surface area contributed by atoms with Crippen LogP contribution in [0.1, 0.15) is 25.3 Å². The molecule has 0 saturated heterocycles. The van der Waals surface area contributed by atoms with E-state index in [0.717, 1.165) is 25.0 Å². The van der Waals surface area contributed by atoms with Crippen LogP contribution < -0.4 is 10.5 Å². The highest BCUT2D eigenvalue weighted by molar-refractivity contribution is 7.80. The quantitative estimate of drug-likeness (QED) is 0.502. The molecule has 0 unspecified atom stereocenters. The van der Waals surface area contributed by atoms with E-state index in [1.165, 1.54) is 0 Å². The van der Waals surface area contributed by atoms with Gasteiger partial charge in [0.05, 0.1) is 25.4 Å². The zero-order valence-electron chi connectivity index (χ0n) is 12.0. The Kier molecular flexibility index (Phi) is 8.95. The van der Waals surface area contributed by atoms with Gasteiger partial charge in [-0.15, -0.1) is 0 Å². The summed E-state index contributed by atoms with van der Waals surface area (Å²) in [6, 6.07) is 7.47. The summed E-state index contributed by atoms with van der Waals surface area (Å²) in [5.41, 5.74) is 6.38. The molecule has 0 aromatic heterocycles. The zero-order valence-corrected chi connectivity index (χ0v) is 12.8. The van der Waals surface area contributed by atoms with Crippen molar-refractivity contribution in [1.82, 2.24) is 0 Å². The predicted molar refractivity (Wildman–Crippen MR) is 84.4 cm³/mol. The number of hydrogen-bond donors (Lipinski definition) is 1. The van der Waals surface area contributed by atoms with Crippen molar-refractivity contribution >= 4 is 17.2 Å². The lowest BCUT2D eigenvalue weighted by Crippen LogP contribution is -2.14. The minimum absolute atomic E-state index is 0.339. The van der Waals surface area contributed by atoms with Crippen molar-refractivity contribution < 1.29 is 14.2 Å². The number of nitrogens with two attached hydrogens (primary N) is 1. The Morgan fingerprint density at radius 2 is 1.70 bits per heavy atom. The van der Waals surface area contributed by atoms with Gasteiger partial charge in [0.15, 0.2) is 0 Å². The average Bonchev–Trinajstić information content (AvgIpc) is 2.46. The number of para-hydroxylation sites is 1. The Balaban J connectivity index is 2.11. The molecular weight excluding hydrogens is 274 g/mol. The fourth-order valence-corrected chi connectivity index (χ4v) is 1.74. The highest BCUT2D eigenvalue weighted by Gasteiger charge is 2.04. The van der Waals surface area contributed by atoms with Crippen LogP contribution in [0.15, 0.2) is 24.3 Å². The summed E-state index contributed by atoms with van der Waals surface area (Å²) < 4.78 is 16.4. The van der Waals surface area contributed by atoms with Gasteiger partial charge in [-0.25, -0.2) is 0 Å². The highest BCUT2D eigenvalue weighted by Crippen LogP contribution is 2.17. The Morgan fingerprint density at radius 1 is 1.05 bits per heavy atom. The third kappa shape index (κ3) is 6.84. The molecule has 5 heteroatoms. The summed E-state index contributed by atoms with van der Waals surface area (Å²) in [5.74, 6) is 0.697. The molecule has 0 heterocycles. The Labute approximate surface area is 126 Å². The summed E-state index contributed by atoms with van der Waals surface area (Å²) in [6.07, 6.45) is 2.25. The first-order valence-electron chi connectivity index (χ1n) is 6.92. The standard InChI is InChI=1S/C15H23NO3S/c1-2-3-8-17-9-10-18-11-12-19-14-7-5-4-6-13(14)15(16)20/h4-7H,2-3,8-12H2,1H3,(H2,16,20). The van der Waals surface area contributed by atoms with Crippen LogP contribution in [0.25, 0.3) is 0 Å². The van der Waals surface area contributed by atoms with Crippen molar-refractivity contribution in [2.45, 2.75) is 19.8 Å². The maximum Gasteiger partial charge on any atom is 0.129 e. The van der Waals surface area contributed by atoms with Gasteiger partial charge in [-0.3, -0.25) is 0 Å². The van der Waals surface area contributed by atoms with Crippen LogP contribution in [-0.2, 0) is 9.47 Å². The number of rotatable bonds is 11. The van der Waals surface area contributed by atoms with E-state index in [1.54, 1.807) is 0 Å². The second-order valence-corrected chi connectivity index (χ2v) is 4.73. The van der Waals surface area contributed by atoms with E-state index < -0.39 is 0 Å². The van der Waals surface area contributed by atoms with Crippen molar-refractivity contribution in [2.24, 2.45) is 5.73 Å². The van der Waals surface area contributed by atoms with Crippen LogP contribution in [-0.4, -0.2) is 38.0 Å². The van der Waals surface area contributed by atoms with Crippen LogP contribution in [0.2, 0.25) is 0 Å². The van der Waals surface area contributed by atoms with E-state index >= 15 is 0 Å². The van der Waals surface area contributed by atoms with Crippen LogP contribution in [0.4, 0.5) is 0 Å². The molecule has 2 N–H and O–H groups in total. The van der Waals surface area contributed by atoms with Crippen molar-refractivity contribution in [1.29, 1.82) is 0 Å². The van der Waals surface area contributed by atoms with Crippen LogP contribution in [0.3, 0.4) is 0 Å². The molecule has 4 nitrogen and oxygen atoms in total. The van der Waals surface area contributed by atoms with Gasteiger partial charge >= 0.3 is 0 Å². The Morgan fingerprint density at radius 3 is 2.40 bits per heavy atom. The first kappa shape index (κ1) is 16.9. The second-order valence-electron chi connectivity index (χ2n) is 4.29. The Hall–Kier alpha value is -1.17. The fraction of sp³-hybridized carbons (Fsp3) is 0.533. The molecule has 0 amide bonds. The molecule has 112 valence electrons. The third-order valence-electron chi connectivity index (χ3n) is 2.65. The van der Waals surface area contributed by atoms with Crippen molar-refractivity contribution in [3.8, 4) is 5.75 Å². The maximum atomic E-state index is 5.63. The Bertz CT molecular complexity index is 398. The summed E-state index contributed by atoms with van der Waals surface area (Å²) in [5, 5.41) is 0. The average molecular weight is 297 g/mol. The molecule has 1 aromatic rings. The summed E-state index contributed by atoms with van der Waals surface area (Å²) in [7, 11) is 0. The van der Waals surface area contributed by atoms with Gasteiger partial charge in [-0.1, -0.05) is 37.7 Å². The summed E-state index contributed by atoms with van der Waals surface area (Å²) in [4.78, 5) is 0.339. The van der Waals surface area contributed by atoms with Crippen LogP contribution in [0, 0.1) is 0 Å². The van der Waals surface area contributed by atoms with Gasteiger partial charge in [0.1, 0.15) is 17.3 Å². The third-order valence-corrected chi connectivity index (χ3v) is 2.87.